The summed E-state index contributed by atoms with van der Waals surface area (Å²) in [5.41, 5.74) is 1.52. The highest BCUT2D eigenvalue weighted by Gasteiger charge is 2.23. The maximum atomic E-state index is 12.8. The van der Waals surface area contributed by atoms with Crippen LogP contribution in [0.5, 0.6) is 0 Å². The summed E-state index contributed by atoms with van der Waals surface area (Å²) < 4.78 is 0. The van der Waals surface area contributed by atoms with Gasteiger partial charge in [-0.15, -0.1) is 0 Å². The molecular weight excluding hydrogens is 350 g/mol. The van der Waals surface area contributed by atoms with Crippen LogP contribution in [0.25, 0.3) is 0 Å². The Morgan fingerprint density at radius 3 is 2.65 bits per heavy atom. The van der Waals surface area contributed by atoms with Crippen molar-refractivity contribution >= 4 is 29.0 Å². The lowest BCUT2D eigenvalue weighted by molar-refractivity contribution is 0.0740. The van der Waals surface area contributed by atoms with Crippen molar-refractivity contribution in [2.75, 3.05) is 42.9 Å². The summed E-state index contributed by atoms with van der Waals surface area (Å²) >= 11 is 6.07. The van der Waals surface area contributed by atoms with E-state index in [9.17, 15) is 4.79 Å². The lowest BCUT2D eigenvalue weighted by atomic mass is 10.2. The minimum absolute atomic E-state index is 0.0502. The molecule has 1 aliphatic rings. The van der Waals surface area contributed by atoms with Crippen LogP contribution in [0.4, 0.5) is 11.5 Å². The van der Waals surface area contributed by atoms with Crippen LogP contribution in [0, 0.1) is 5.92 Å². The SMILES string of the molecule is CC(C)CNc1cc(C(=O)N2CCN(c3cccc(Cl)c3)CC2)ncn1. The molecule has 2 heterocycles. The number of hydrogen-bond donors (Lipinski definition) is 1. The van der Waals surface area contributed by atoms with Crippen LogP contribution in [0.1, 0.15) is 24.3 Å². The first kappa shape index (κ1) is 18.5. The second-order valence-corrected chi connectivity index (χ2v) is 7.26. The number of hydrogen-bond acceptors (Lipinski definition) is 5. The molecular formula is C19H24ClN5O. The number of nitrogens with zero attached hydrogens (tertiary/aromatic N) is 4. The fraction of sp³-hybridized carbons (Fsp3) is 0.421. The van der Waals surface area contributed by atoms with Gasteiger partial charge in [0.2, 0.25) is 0 Å². The second-order valence-electron chi connectivity index (χ2n) is 6.82. The molecule has 1 N–H and O–H groups in total. The zero-order chi connectivity index (χ0) is 18.5. The van der Waals surface area contributed by atoms with Crippen LogP contribution in [0.2, 0.25) is 5.02 Å². The Morgan fingerprint density at radius 2 is 1.96 bits per heavy atom. The molecule has 1 amide bonds. The minimum atomic E-state index is -0.0502. The molecule has 1 fully saturated rings. The number of amides is 1. The highest BCUT2D eigenvalue weighted by atomic mass is 35.5. The van der Waals surface area contributed by atoms with Crippen molar-refractivity contribution < 1.29 is 4.79 Å². The summed E-state index contributed by atoms with van der Waals surface area (Å²) in [5.74, 6) is 1.14. The van der Waals surface area contributed by atoms with Crippen LogP contribution < -0.4 is 10.2 Å². The van der Waals surface area contributed by atoms with E-state index in [1.54, 1.807) is 6.07 Å². The molecule has 26 heavy (non-hydrogen) atoms. The summed E-state index contributed by atoms with van der Waals surface area (Å²) in [6.07, 6.45) is 1.44. The molecule has 6 nitrogen and oxygen atoms in total. The van der Waals surface area contributed by atoms with Crippen molar-refractivity contribution in [3.8, 4) is 0 Å². The summed E-state index contributed by atoms with van der Waals surface area (Å²) in [5, 5.41) is 3.96. The highest BCUT2D eigenvalue weighted by Crippen LogP contribution is 2.21. The molecule has 1 aromatic carbocycles. The largest absolute Gasteiger partial charge is 0.370 e. The van der Waals surface area contributed by atoms with Gasteiger partial charge in [-0.3, -0.25) is 4.79 Å². The molecule has 7 heteroatoms. The van der Waals surface area contributed by atoms with Gasteiger partial charge in [0.1, 0.15) is 17.8 Å². The summed E-state index contributed by atoms with van der Waals surface area (Å²) in [6.45, 7) is 7.92. The molecule has 0 unspecified atom stereocenters. The summed E-state index contributed by atoms with van der Waals surface area (Å²) in [4.78, 5) is 25.2. The van der Waals surface area contributed by atoms with Crippen molar-refractivity contribution in [2.24, 2.45) is 5.92 Å². The first-order valence-corrected chi connectivity index (χ1v) is 9.26. The third kappa shape index (κ3) is 4.64. The van der Waals surface area contributed by atoms with Gasteiger partial charge in [0.25, 0.3) is 5.91 Å². The number of nitrogens with one attached hydrogen (secondary N) is 1. The molecule has 3 rings (SSSR count). The number of carbonyl (C=O) groups is 1. The van der Waals surface area contributed by atoms with E-state index in [0.29, 0.717) is 30.5 Å². The summed E-state index contributed by atoms with van der Waals surface area (Å²) in [7, 11) is 0. The van der Waals surface area contributed by atoms with Crippen LogP contribution in [0.3, 0.4) is 0 Å². The van der Waals surface area contributed by atoms with E-state index in [1.807, 2.05) is 29.2 Å². The van der Waals surface area contributed by atoms with Crippen molar-refractivity contribution in [3.05, 3.63) is 47.4 Å². The van der Waals surface area contributed by atoms with E-state index in [1.165, 1.54) is 6.33 Å². The van der Waals surface area contributed by atoms with Crippen molar-refractivity contribution in [1.29, 1.82) is 0 Å². The van der Waals surface area contributed by atoms with Gasteiger partial charge in [0, 0.05) is 49.5 Å². The average molecular weight is 374 g/mol. The Hall–Kier alpha value is -2.34. The number of benzene rings is 1. The van der Waals surface area contributed by atoms with E-state index in [4.69, 9.17) is 11.6 Å². The predicted molar refractivity (Wildman–Crippen MR) is 105 cm³/mol. The Balaban J connectivity index is 1.60. The lowest BCUT2D eigenvalue weighted by Gasteiger charge is -2.36. The van der Waals surface area contributed by atoms with Crippen LogP contribution in [-0.2, 0) is 0 Å². The molecule has 0 atom stereocenters. The molecule has 2 aromatic rings. The fourth-order valence-electron chi connectivity index (χ4n) is 2.88. The Bertz CT molecular complexity index is 759. The molecule has 1 aliphatic heterocycles. The normalized spacial score (nSPS) is 14.6. The maximum Gasteiger partial charge on any atom is 0.272 e. The van der Waals surface area contributed by atoms with E-state index < -0.39 is 0 Å². The van der Waals surface area contributed by atoms with Crippen LogP contribution >= 0.6 is 11.6 Å². The van der Waals surface area contributed by atoms with E-state index in [0.717, 1.165) is 30.3 Å². The van der Waals surface area contributed by atoms with Crippen LogP contribution in [-0.4, -0.2) is 53.5 Å². The zero-order valence-electron chi connectivity index (χ0n) is 15.2. The number of aromatic nitrogens is 2. The van der Waals surface area contributed by atoms with Gasteiger partial charge in [-0.2, -0.15) is 0 Å². The number of anilines is 2. The van der Waals surface area contributed by atoms with Crippen molar-refractivity contribution in [1.82, 2.24) is 14.9 Å². The van der Waals surface area contributed by atoms with Gasteiger partial charge in [-0.25, -0.2) is 9.97 Å². The van der Waals surface area contributed by atoms with Gasteiger partial charge in [-0.05, 0) is 24.1 Å². The third-order valence-corrected chi connectivity index (χ3v) is 4.55. The summed E-state index contributed by atoms with van der Waals surface area (Å²) in [6, 6.07) is 9.54. The standard InChI is InChI=1S/C19H24ClN5O/c1-14(2)12-21-18-11-17(22-13-23-18)19(26)25-8-6-24(7-9-25)16-5-3-4-15(20)10-16/h3-5,10-11,13-14H,6-9,12H2,1-2H3,(H,21,22,23). The topological polar surface area (TPSA) is 61.4 Å². The van der Waals surface area contributed by atoms with Crippen molar-refractivity contribution in [3.63, 3.8) is 0 Å². The third-order valence-electron chi connectivity index (χ3n) is 4.32. The van der Waals surface area contributed by atoms with Gasteiger partial charge < -0.3 is 15.1 Å². The van der Waals surface area contributed by atoms with Gasteiger partial charge in [-0.1, -0.05) is 31.5 Å². The maximum absolute atomic E-state index is 12.8. The van der Waals surface area contributed by atoms with Crippen LogP contribution in [0.15, 0.2) is 36.7 Å². The molecule has 1 saturated heterocycles. The predicted octanol–water partition coefficient (Wildman–Crippen LogP) is 3.16. The van der Waals surface area contributed by atoms with Gasteiger partial charge in [0.05, 0.1) is 0 Å². The Labute approximate surface area is 159 Å². The second kappa shape index (κ2) is 8.36. The number of piperazine rings is 1. The smallest absolute Gasteiger partial charge is 0.272 e. The first-order valence-electron chi connectivity index (χ1n) is 8.88. The molecule has 0 saturated carbocycles. The molecule has 0 radical (unpaired) electrons. The lowest BCUT2D eigenvalue weighted by Crippen LogP contribution is -2.49. The van der Waals surface area contributed by atoms with E-state index in [2.05, 4.69) is 34.0 Å². The van der Waals surface area contributed by atoms with Gasteiger partial charge >= 0.3 is 0 Å². The number of rotatable bonds is 5. The molecule has 138 valence electrons. The van der Waals surface area contributed by atoms with Crippen molar-refractivity contribution in [2.45, 2.75) is 13.8 Å². The molecule has 0 bridgehead atoms. The quantitative estimate of drug-likeness (QED) is 0.872. The Kier molecular flexibility index (Phi) is 5.93. The molecule has 0 aliphatic carbocycles. The molecule has 1 aromatic heterocycles. The number of carbonyl (C=O) groups excluding carboxylic acids is 1. The Morgan fingerprint density at radius 1 is 1.19 bits per heavy atom. The first-order chi connectivity index (χ1) is 12.5. The van der Waals surface area contributed by atoms with E-state index in [-0.39, 0.29) is 5.91 Å². The average Bonchev–Trinajstić information content (AvgIpc) is 2.66. The van der Waals surface area contributed by atoms with E-state index >= 15 is 0 Å². The number of halogens is 1. The monoisotopic (exact) mass is 373 g/mol. The molecule has 0 spiro atoms. The zero-order valence-corrected chi connectivity index (χ0v) is 15.9. The minimum Gasteiger partial charge on any atom is -0.370 e. The fourth-order valence-corrected chi connectivity index (χ4v) is 3.07. The van der Waals surface area contributed by atoms with Gasteiger partial charge in [0.15, 0.2) is 0 Å². The highest BCUT2D eigenvalue weighted by molar-refractivity contribution is 6.30.